The fourth-order valence-electron chi connectivity index (χ4n) is 2.73. The Balaban J connectivity index is 1.73. The lowest BCUT2D eigenvalue weighted by Crippen LogP contribution is -2.19. The maximum Gasteiger partial charge on any atom is 0.181 e. The normalized spacial score (nSPS) is 21.6. The molecule has 1 aliphatic rings. The van der Waals surface area contributed by atoms with Gasteiger partial charge in [0.25, 0.3) is 0 Å². The molecule has 0 unspecified atom stereocenters. The van der Waals surface area contributed by atoms with Crippen LogP contribution in [0.5, 0.6) is 0 Å². The molecule has 0 spiro atoms. The van der Waals surface area contributed by atoms with Gasteiger partial charge in [0, 0.05) is 23.7 Å². The maximum atomic E-state index is 6.19. The molecule has 2 heterocycles. The summed E-state index contributed by atoms with van der Waals surface area (Å²) in [5, 5.41) is 8.39. The van der Waals surface area contributed by atoms with Crippen molar-refractivity contribution in [3.63, 3.8) is 0 Å². The zero-order chi connectivity index (χ0) is 14.7. The molecule has 2 aromatic rings. The first kappa shape index (κ1) is 14.2. The highest BCUT2D eigenvalue weighted by atomic mass is 32.2. The van der Waals surface area contributed by atoms with Crippen molar-refractivity contribution in [2.45, 2.75) is 37.5 Å². The van der Waals surface area contributed by atoms with Crippen LogP contribution in [0, 0.1) is 0 Å². The number of nitrogens with one attached hydrogen (secondary N) is 1. The largest absolute Gasteiger partial charge is 0.393 e. The van der Waals surface area contributed by atoms with E-state index < -0.39 is 0 Å². The second-order valence-corrected chi connectivity index (χ2v) is 6.72. The van der Waals surface area contributed by atoms with Crippen LogP contribution in [-0.2, 0) is 0 Å². The Bertz CT molecular complexity index is 585. The summed E-state index contributed by atoms with van der Waals surface area (Å²) in [6.45, 7) is 2.21. The summed E-state index contributed by atoms with van der Waals surface area (Å²) in [7, 11) is 0. The molecule has 0 radical (unpaired) electrons. The van der Waals surface area contributed by atoms with Crippen LogP contribution < -0.4 is 11.1 Å². The zero-order valence-corrected chi connectivity index (χ0v) is 12.9. The molecule has 7 heteroatoms. The van der Waals surface area contributed by atoms with Crippen LogP contribution in [0.15, 0.2) is 24.8 Å². The van der Waals surface area contributed by atoms with E-state index in [1.807, 2.05) is 24.0 Å². The zero-order valence-electron chi connectivity index (χ0n) is 12.1. The van der Waals surface area contributed by atoms with E-state index in [9.17, 15) is 0 Å². The van der Waals surface area contributed by atoms with Crippen molar-refractivity contribution in [3.8, 4) is 5.82 Å². The number of thioether (sulfide) groups is 1. The molecule has 3 N–H and O–H groups in total. The van der Waals surface area contributed by atoms with E-state index >= 15 is 0 Å². The highest BCUT2D eigenvalue weighted by Gasteiger charge is 2.25. The number of hydrogen-bond acceptors (Lipinski definition) is 6. The summed E-state index contributed by atoms with van der Waals surface area (Å²) in [6, 6.07) is 2.29. The van der Waals surface area contributed by atoms with Crippen molar-refractivity contribution in [1.29, 1.82) is 0 Å². The molecule has 1 saturated carbocycles. The van der Waals surface area contributed by atoms with E-state index in [1.165, 1.54) is 24.9 Å². The topological polar surface area (TPSA) is 81.7 Å². The lowest BCUT2D eigenvalue weighted by atomic mass is 10.2. The second kappa shape index (κ2) is 6.34. The molecule has 1 fully saturated rings. The molecular formula is C14H20N6S. The summed E-state index contributed by atoms with van der Waals surface area (Å²) in [6.07, 6.45) is 8.65. The number of aromatic nitrogens is 4. The van der Waals surface area contributed by atoms with Crippen LogP contribution in [-0.4, -0.2) is 36.8 Å². The number of hydrogen-bond donors (Lipinski definition) is 2. The Morgan fingerprint density at radius 2 is 2.33 bits per heavy atom. The highest BCUT2D eigenvalue weighted by molar-refractivity contribution is 7.99. The van der Waals surface area contributed by atoms with Crippen molar-refractivity contribution < 1.29 is 0 Å². The van der Waals surface area contributed by atoms with Gasteiger partial charge in [0.05, 0.1) is 0 Å². The summed E-state index contributed by atoms with van der Waals surface area (Å²) in [5.41, 5.74) is 6.74. The minimum Gasteiger partial charge on any atom is -0.393 e. The molecule has 0 bridgehead atoms. The smallest absolute Gasteiger partial charge is 0.181 e. The van der Waals surface area contributed by atoms with Gasteiger partial charge in [0.2, 0.25) is 0 Å². The Labute approximate surface area is 128 Å². The second-order valence-electron chi connectivity index (χ2n) is 5.14. The van der Waals surface area contributed by atoms with Gasteiger partial charge in [-0.25, -0.2) is 14.6 Å². The first-order valence-electron chi connectivity index (χ1n) is 7.26. The number of nitrogens with zero attached hydrogens (tertiary/aromatic N) is 4. The fraction of sp³-hybridized carbons (Fsp3) is 0.500. The van der Waals surface area contributed by atoms with E-state index in [0.717, 1.165) is 11.7 Å². The number of anilines is 2. The van der Waals surface area contributed by atoms with E-state index in [0.29, 0.717) is 23.4 Å². The van der Waals surface area contributed by atoms with Crippen LogP contribution in [0.3, 0.4) is 0 Å². The Morgan fingerprint density at radius 3 is 3.10 bits per heavy atom. The van der Waals surface area contributed by atoms with Gasteiger partial charge in [-0.1, -0.05) is 6.92 Å². The molecular weight excluding hydrogens is 284 g/mol. The summed E-state index contributed by atoms with van der Waals surface area (Å²) in [5.74, 6) is 2.51. The van der Waals surface area contributed by atoms with Gasteiger partial charge in [-0.3, -0.25) is 0 Å². The molecule has 0 saturated heterocycles. The minimum absolute atomic E-state index is 0.441. The van der Waals surface area contributed by atoms with Gasteiger partial charge in [-0.15, -0.1) is 0 Å². The van der Waals surface area contributed by atoms with E-state index in [-0.39, 0.29) is 0 Å². The molecule has 21 heavy (non-hydrogen) atoms. The third-order valence-electron chi connectivity index (χ3n) is 3.71. The van der Waals surface area contributed by atoms with E-state index in [1.54, 1.807) is 10.9 Å². The molecule has 0 aromatic carbocycles. The van der Waals surface area contributed by atoms with Gasteiger partial charge >= 0.3 is 0 Å². The third-order valence-corrected chi connectivity index (χ3v) is 4.94. The van der Waals surface area contributed by atoms with Crippen molar-refractivity contribution in [1.82, 2.24) is 19.7 Å². The average molecular weight is 304 g/mol. The fourth-order valence-corrected chi connectivity index (χ4v) is 3.87. The van der Waals surface area contributed by atoms with Gasteiger partial charge in [0.1, 0.15) is 12.0 Å². The van der Waals surface area contributed by atoms with Crippen LogP contribution in [0.1, 0.15) is 26.2 Å². The maximum absolute atomic E-state index is 6.19. The van der Waals surface area contributed by atoms with Crippen molar-refractivity contribution >= 4 is 23.3 Å². The van der Waals surface area contributed by atoms with Gasteiger partial charge in [-0.2, -0.15) is 16.9 Å². The average Bonchev–Trinajstić information content (AvgIpc) is 3.13. The molecule has 1 aliphatic carbocycles. The lowest BCUT2D eigenvalue weighted by molar-refractivity contribution is 0.750. The summed E-state index contributed by atoms with van der Waals surface area (Å²) < 4.78 is 1.66. The Kier molecular flexibility index (Phi) is 4.28. The molecule has 6 nitrogen and oxygen atoms in total. The monoisotopic (exact) mass is 304 g/mol. The first-order chi connectivity index (χ1) is 10.3. The molecule has 112 valence electrons. The van der Waals surface area contributed by atoms with Crippen molar-refractivity contribution in [2.75, 3.05) is 16.8 Å². The standard InChI is InChI=1S/C14H20N6S/c1-2-21-11-5-4-10(8-11)19-13-12(15)14(17-9-16-13)20-7-3-6-18-20/h3,6-7,9-11H,2,4-5,8,15H2,1H3,(H,16,17,19)/t10-,11-/m0/s1. The van der Waals surface area contributed by atoms with Gasteiger partial charge in [-0.05, 0) is 31.1 Å². The Morgan fingerprint density at radius 1 is 1.43 bits per heavy atom. The van der Waals surface area contributed by atoms with Crippen molar-refractivity contribution in [2.24, 2.45) is 0 Å². The number of rotatable bonds is 5. The SMILES string of the molecule is CCS[C@H]1CC[C@H](Nc2ncnc(-n3cccn3)c2N)C1. The van der Waals surface area contributed by atoms with Crippen LogP contribution in [0.2, 0.25) is 0 Å². The quantitative estimate of drug-likeness (QED) is 0.882. The summed E-state index contributed by atoms with van der Waals surface area (Å²) in [4.78, 5) is 8.51. The van der Waals surface area contributed by atoms with Gasteiger partial charge < -0.3 is 11.1 Å². The number of nitrogen functional groups attached to an aromatic ring is 1. The first-order valence-corrected chi connectivity index (χ1v) is 8.31. The predicted molar refractivity (Wildman–Crippen MR) is 86.7 cm³/mol. The van der Waals surface area contributed by atoms with Crippen LogP contribution in [0.4, 0.5) is 11.5 Å². The third kappa shape index (κ3) is 3.12. The highest BCUT2D eigenvalue weighted by Crippen LogP contribution is 2.32. The Hall–Kier alpha value is -1.76. The summed E-state index contributed by atoms with van der Waals surface area (Å²) >= 11 is 2.04. The molecule has 3 rings (SSSR count). The van der Waals surface area contributed by atoms with E-state index in [4.69, 9.17) is 5.73 Å². The molecule has 0 amide bonds. The van der Waals surface area contributed by atoms with Crippen LogP contribution >= 0.6 is 11.8 Å². The molecule has 2 aromatic heterocycles. The predicted octanol–water partition coefficient (Wildman–Crippen LogP) is 2.33. The molecule has 2 atom stereocenters. The van der Waals surface area contributed by atoms with Crippen molar-refractivity contribution in [3.05, 3.63) is 24.8 Å². The number of nitrogens with two attached hydrogens (primary N) is 1. The molecule has 0 aliphatic heterocycles. The van der Waals surface area contributed by atoms with Gasteiger partial charge in [0.15, 0.2) is 11.6 Å². The minimum atomic E-state index is 0.441. The lowest BCUT2D eigenvalue weighted by Gasteiger charge is -2.16. The van der Waals surface area contributed by atoms with Crippen LogP contribution in [0.25, 0.3) is 5.82 Å². The van der Waals surface area contributed by atoms with E-state index in [2.05, 4.69) is 27.3 Å².